The highest BCUT2D eigenvalue weighted by atomic mass is 31.2. The van der Waals surface area contributed by atoms with Crippen LogP contribution in [0.1, 0.15) is 56.2 Å². The second kappa shape index (κ2) is 23.7. The van der Waals surface area contributed by atoms with Gasteiger partial charge in [0, 0.05) is 54.4 Å². The molecule has 4 aliphatic rings. The minimum atomic E-state index is -5.43. The molecular weight excluding hydrogens is 1160 g/mol. The summed E-state index contributed by atoms with van der Waals surface area (Å²) in [4.78, 5) is 125. The van der Waals surface area contributed by atoms with E-state index in [4.69, 9.17) is 67.8 Å². The van der Waals surface area contributed by atoms with E-state index in [1.807, 2.05) is 0 Å². The van der Waals surface area contributed by atoms with Gasteiger partial charge in [-0.25, -0.2) is 33.1 Å². The number of H-pyrrole nitrogens is 2. The van der Waals surface area contributed by atoms with Crippen LogP contribution in [0.25, 0.3) is 11.2 Å². The number of aliphatic hydroxyl groups excluding tert-OH is 1. The Labute approximate surface area is 446 Å². The number of phosphoric ester groups is 3. The summed E-state index contributed by atoms with van der Waals surface area (Å²) in [7, 11) is -19.2. The van der Waals surface area contributed by atoms with Gasteiger partial charge < -0.3 is 55.9 Å². The highest BCUT2D eigenvalue weighted by Crippen LogP contribution is 2.54. The molecule has 9 heterocycles. The fraction of sp³-hybridized carbons (Fsp3) is 0.553. The number of rotatable bonds is 22. The monoisotopic (exact) mass is 1210 g/mol. The van der Waals surface area contributed by atoms with E-state index in [1.54, 1.807) is 0 Å². The smallest absolute Gasteiger partial charge is 0.390 e. The minimum Gasteiger partial charge on any atom is -0.390 e. The van der Waals surface area contributed by atoms with Gasteiger partial charge in [-0.05, 0) is 19.1 Å². The third-order valence-corrected chi connectivity index (χ3v) is 16.1. The Hall–Kier alpha value is -5.66. The Morgan fingerprint density at radius 1 is 0.650 bits per heavy atom. The molecule has 5 aromatic heterocycles. The molecule has 5 aromatic rings. The van der Waals surface area contributed by atoms with Crippen LogP contribution < -0.4 is 45.4 Å². The molecule has 80 heavy (non-hydrogen) atoms. The van der Waals surface area contributed by atoms with Crippen LogP contribution in [-0.2, 0) is 68.9 Å². The van der Waals surface area contributed by atoms with E-state index in [-0.39, 0.29) is 47.2 Å². The van der Waals surface area contributed by atoms with Crippen molar-refractivity contribution in [2.75, 3.05) is 43.6 Å². The number of fused-ring (bicyclic) bond motifs is 1. The maximum atomic E-state index is 13.9. The maximum Gasteiger partial charge on any atom is 0.694 e. The fourth-order valence-electron chi connectivity index (χ4n) is 8.92. The van der Waals surface area contributed by atoms with E-state index in [0.29, 0.717) is 0 Å². The third-order valence-electron chi connectivity index (χ3n) is 12.6. The first-order chi connectivity index (χ1) is 37.7. The molecule has 9 rings (SSSR count). The quantitative estimate of drug-likeness (QED) is 0.0333. The van der Waals surface area contributed by atoms with Gasteiger partial charge >= 0.3 is 48.8 Å². The van der Waals surface area contributed by atoms with Crippen molar-refractivity contribution in [2.45, 2.75) is 106 Å². The van der Waals surface area contributed by atoms with Crippen molar-refractivity contribution in [3.8, 4) is 0 Å². The van der Waals surface area contributed by atoms with Crippen LogP contribution in [0.4, 0.5) is 17.6 Å². The van der Waals surface area contributed by atoms with Crippen LogP contribution in [0.15, 0.2) is 61.0 Å². The average Bonchev–Trinajstić information content (AvgIpc) is 4.31. The van der Waals surface area contributed by atoms with Gasteiger partial charge in [0.15, 0.2) is 11.2 Å². The lowest BCUT2D eigenvalue weighted by Crippen LogP contribution is -2.33. The molecule has 0 radical (unpaired) electrons. The fourth-order valence-corrected chi connectivity index (χ4v) is 12.1. The molecule has 4 unspecified atom stereocenters. The molecule has 13 N–H and O–H groups in total. The number of aliphatic hydroxyl groups is 1. The minimum absolute atomic E-state index is 0.117. The number of aromatic nitrogens is 10. The second-order valence-electron chi connectivity index (χ2n) is 18.1. The number of nitrogens with two attached hydrogens (primary N) is 3. The molecule has 0 saturated carbocycles. The zero-order valence-corrected chi connectivity index (χ0v) is 44.6. The number of ether oxygens (including phenoxy) is 4. The first-order valence-electron chi connectivity index (χ1n) is 23.5. The largest absolute Gasteiger partial charge is 0.694 e. The molecule has 0 bridgehead atoms. The molecule has 0 amide bonds. The molecule has 4 aliphatic heterocycles. The molecule has 4 fully saturated rings. The lowest BCUT2D eigenvalue weighted by molar-refractivity contribution is -0.0628. The Morgan fingerprint density at radius 2 is 1.10 bits per heavy atom. The summed E-state index contributed by atoms with van der Waals surface area (Å²) in [5, 5.41) is 10.7. The van der Waals surface area contributed by atoms with Crippen molar-refractivity contribution in [1.29, 1.82) is 0 Å². The van der Waals surface area contributed by atoms with Gasteiger partial charge in [0.1, 0.15) is 85.9 Å². The molecular formula is C38H50N13O25P4+. The molecule has 4 saturated heterocycles. The summed E-state index contributed by atoms with van der Waals surface area (Å²) < 4.78 is 117. The van der Waals surface area contributed by atoms with Gasteiger partial charge in [0.05, 0.1) is 32.3 Å². The summed E-state index contributed by atoms with van der Waals surface area (Å²) in [6.07, 6.45) is -13.7. The van der Waals surface area contributed by atoms with Gasteiger partial charge in [-0.2, -0.15) is 15.0 Å². The zero-order valence-electron chi connectivity index (χ0n) is 41.0. The summed E-state index contributed by atoms with van der Waals surface area (Å²) in [5.74, 6) is -0.630. The predicted molar refractivity (Wildman–Crippen MR) is 262 cm³/mol. The van der Waals surface area contributed by atoms with Crippen LogP contribution in [0.3, 0.4) is 0 Å². The van der Waals surface area contributed by atoms with E-state index in [9.17, 15) is 66.9 Å². The highest BCUT2D eigenvalue weighted by molar-refractivity contribution is 7.48. The van der Waals surface area contributed by atoms with Crippen LogP contribution >= 0.6 is 31.7 Å². The molecule has 42 heteroatoms. The lowest BCUT2D eigenvalue weighted by atomic mass is 10.2. The van der Waals surface area contributed by atoms with Gasteiger partial charge in [-0.15, -0.1) is 9.42 Å². The molecule has 0 aliphatic carbocycles. The highest BCUT2D eigenvalue weighted by Gasteiger charge is 2.49. The van der Waals surface area contributed by atoms with Crippen molar-refractivity contribution in [3.63, 3.8) is 0 Å². The maximum absolute atomic E-state index is 13.9. The number of imidazole rings is 1. The second-order valence-corrected chi connectivity index (χ2v) is 23.1. The number of nitrogens with one attached hydrogen (secondary N) is 2. The first-order valence-corrected chi connectivity index (χ1v) is 29.1. The molecule has 0 aromatic carbocycles. The third kappa shape index (κ3) is 13.8. The summed E-state index contributed by atoms with van der Waals surface area (Å²) in [5.41, 5.74) is 12.8. The van der Waals surface area contributed by atoms with Gasteiger partial charge in [0.25, 0.3) is 11.1 Å². The van der Waals surface area contributed by atoms with Crippen molar-refractivity contribution in [2.24, 2.45) is 0 Å². The lowest BCUT2D eigenvalue weighted by Gasteiger charge is -2.25. The summed E-state index contributed by atoms with van der Waals surface area (Å²) in [6, 6.07) is 2.48. The van der Waals surface area contributed by atoms with Crippen molar-refractivity contribution in [3.05, 3.63) is 94.8 Å². The molecule has 436 valence electrons. The molecule has 16 atom stereocenters. The van der Waals surface area contributed by atoms with E-state index in [0.717, 1.165) is 20.0 Å². The summed E-state index contributed by atoms with van der Waals surface area (Å²) >= 11 is 0. The number of nitrogens with zero attached hydrogens (tertiary/aromatic N) is 8. The van der Waals surface area contributed by atoms with Crippen molar-refractivity contribution in [1.82, 2.24) is 48.2 Å². The topological polar surface area (TPSA) is 537 Å². The molecule has 0 spiro atoms. The Kier molecular flexibility index (Phi) is 17.4. The molecule has 38 nitrogen and oxygen atoms in total. The standard InChI is InChI=1S/C38H49N13O25P4/c1-16-10-50(38(57)47-33(16)53)27-6-17(52)21(70-27)12-67-78(60,61)76-20-9-30(51-15-42-31-32(51)45-35(41)46-34(31)54)73-24(20)14-69-80(64,65)75-19-8-29(49-5-3-26(40)44-37(49)56)72-23(19)13-68-79(62,63)74-18-7-28(71-22(18)11-66-77(58)59)48-4-2-25(39)43-36(48)55/h2-5,10,15,17-24,27-30,52H,6-9,11-14H2,1H3,(H11-,39,40,41,43,44,45,46,47,53,54,55,56,57,58,59,60,61,62,63,64,65)/p+1/t17-,18-,19-,20-,21+,22+,23+,24+,27+,28+,29+,30+/m0/s1. The van der Waals surface area contributed by atoms with Gasteiger partial charge in [-0.1, -0.05) is 0 Å². The number of phosphoric acid groups is 3. The van der Waals surface area contributed by atoms with Crippen molar-refractivity contribution < 1.29 is 93.6 Å². The zero-order chi connectivity index (χ0) is 57.6. The normalized spacial score (nSPS) is 29.4. The predicted octanol–water partition coefficient (Wildman–Crippen LogP) is -2.08. The van der Waals surface area contributed by atoms with E-state index >= 15 is 0 Å². The van der Waals surface area contributed by atoms with Crippen molar-refractivity contribution >= 4 is 60.5 Å². The SMILES string of the molecule is Cc1cn([C@H]2C[C@H](O)[C@@H](COP(=O)(O)O[C@H]3C[C@H](n4cnc5c(=O)[nH]c(N)nc54)O[C@@H]3COP(=O)(O)O[C@H]3C[C@H](n4ccc(N)nc4=O)O[C@@H]3COP(=O)(O)O[C@H]3C[C@H](n4ccc(N)nc4=O)O[C@@H]3CO[P+](=O)O)O2)c(=O)[nH]c1=O. The number of hydrogen-bond acceptors (Lipinski definition) is 28. The number of hydrogen-bond donors (Lipinski definition) is 10. The van der Waals surface area contributed by atoms with Crippen LogP contribution in [0, 0.1) is 6.92 Å². The number of anilines is 3. The Balaban J connectivity index is 0.897. The van der Waals surface area contributed by atoms with E-state index in [1.165, 1.54) is 42.2 Å². The van der Waals surface area contributed by atoms with Crippen LogP contribution in [0.2, 0.25) is 0 Å². The van der Waals surface area contributed by atoms with Gasteiger partial charge in [0.2, 0.25) is 5.95 Å². The Bertz CT molecular complexity index is 3600. The van der Waals surface area contributed by atoms with Gasteiger partial charge in [-0.3, -0.25) is 65.0 Å². The Morgan fingerprint density at radius 3 is 1.59 bits per heavy atom. The number of aryl methyl sites for hydroxylation is 1. The average molecular weight is 1210 g/mol. The first kappa shape index (κ1) is 59.0. The number of aromatic amines is 2. The summed E-state index contributed by atoms with van der Waals surface area (Å²) in [6.45, 7) is -2.03. The number of nitrogen functional groups attached to an aromatic ring is 3. The van der Waals surface area contributed by atoms with Crippen LogP contribution in [0.5, 0.6) is 0 Å². The van der Waals surface area contributed by atoms with E-state index < -0.39 is 173 Å². The van der Waals surface area contributed by atoms with Crippen LogP contribution in [-0.4, -0.2) is 148 Å². The van der Waals surface area contributed by atoms with E-state index in [2.05, 4.69) is 29.9 Å².